The fourth-order valence-electron chi connectivity index (χ4n) is 1.01. The smallest absolute Gasteiger partial charge is 0.408 e. The maximum absolute atomic E-state index is 11.5. The second-order valence-corrected chi connectivity index (χ2v) is 7.17. The highest BCUT2D eigenvalue weighted by molar-refractivity contribution is 8.77. The zero-order valence-corrected chi connectivity index (χ0v) is 10.7. The van der Waals surface area contributed by atoms with E-state index in [0.29, 0.717) is 0 Å². The van der Waals surface area contributed by atoms with Crippen LogP contribution in [-0.2, 0) is 4.74 Å². The van der Waals surface area contributed by atoms with Crippen LogP contribution in [-0.4, -0.2) is 28.7 Å². The number of carbonyl (C=O) groups is 1. The van der Waals surface area contributed by atoms with Gasteiger partial charge >= 0.3 is 6.09 Å². The van der Waals surface area contributed by atoms with Crippen molar-refractivity contribution < 1.29 is 9.53 Å². The fourth-order valence-corrected chi connectivity index (χ4v) is 4.23. The molecule has 0 radical (unpaired) electrons. The molecule has 0 aromatic carbocycles. The molecule has 1 N–H and O–H groups in total. The van der Waals surface area contributed by atoms with E-state index >= 15 is 0 Å². The topological polar surface area (TPSA) is 38.3 Å². The van der Waals surface area contributed by atoms with Gasteiger partial charge in [-0.05, 0) is 27.7 Å². The van der Waals surface area contributed by atoms with Gasteiger partial charge < -0.3 is 10.1 Å². The zero-order chi connectivity index (χ0) is 10.8. The van der Waals surface area contributed by atoms with E-state index in [0.717, 1.165) is 11.5 Å². The maximum Gasteiger partial charge on any atom is 0.408 e. The van der Waals surface area contributed by atoms with Crippen molar-refractivity contribution >= 4 is 27.7 Å². The molecular formula is C9H17NO2S2. The van der Waals surface area contributed by atoms with Crippen LogP contribution in [0.5, 0.6) is 0 Å². The predicted octanol–water partition coefficient (Wildman–Crippen LogP) is 2.66. The second-order valence-electron chi connectivity index (χ2n) is 4.71. The summed E-state index contributed by atoms with van der Waals surface area (Å²) in [5, 5.41) is 2.91. The van der Waals surface area contributed by atoms with E-state index < -0.39 is 5.60 Å². The van der Waals surface area contributed by atoms with Gasteiger partial charge in [0.25, 0.3) is 0 Å². The van der Waals surface area contributed by atoms with Gasteiger partial charge in [0.15, 0.2) is 0 Å². The molecule has 14 heavy (non-hydrogen) atoms. The van der Waals surface area contributed by atoms with E-state index in [-0.39, 0.29) is 11.6 Å². The van der Waals surface area contributed by atoms with E-state index in [2.05, 4.69) is 5.32 Å². The van der Waals surface area contributed by atoms with Crippen LogP contribution in [0.2, 0.25) is 0 Å². The van der Waals surface area contributed by atoms with Gasteiger partial charge in [0.2, 0.25) is 0 Å². The molecule has 1 heterocycles. The Labute approximate surface area is 93.1 Å². The number of rotatable bonds is 1. The van der Waals surface area contributed by atoms with Crippen LogP contribution in [0.3, 0.4) is 0 Å². The lowest BCUT2D eigenvalue weighted by molar-refractivity contribution is 0.0485. The fraction of sp³-hybridized carbons (Fsp3) is 0.889. The van der Waals surface area contributed by atoms with E-state index in [1.54, 1.807) is 21.6 Å². The molecule has 3 nitrogen and oxygen atoms in total. The molecule has 0 bridgehead atoms. The molecule has 1 amide bonds. The van der Waals surface area contributed by atoms with Crippen LogP contribution in [0, 0.1) is 0 Å². The number of amides is 1. The molecular weight excluding hydrogens is 218 g/mol. The molecule has 82 valence electrons. The summed E-state index contributed by atoms with van der Waals surface area (Å²) >= 11 is 0. The highest BCUT2D eigenvalue weighted by atomic mass is 33.1. The Morgan fingerprint density at radius 2 is 1.86 bits per heavy atom. The highest BCUT2D eigenvalue weighted by Crippen LogP contribution is 2.37. The number of nitrogens with one attached hydrogen (secondary N) is 1. The summed E-state index contributed by atoms with van der Waals surface area (Å²) in [4.78, 5) is 11.5. The second kappa shape index (κ2) is 4.23. The molecule has 0 unspecified atom stereocenters. The average molecular weight is 235 g/mol. The van der Waals surface area contributed by atoms with Gasteiger partial charge in [-0.25, -0.2) is 4.79 Å². The molecule has 1 saturated heterocycles. The lowest BCUT2D eigenvalue weighted by Gasteiger charge is -2.26. The minimum absolute atomic E-state index is 0.113. The summed E-state index contributed by atoms with van der Waals surface area (Å²) < 4.78 is 5.20. The summed E-state index contributed by atoms with van der Waals surface area (Å²) in [6.07, 6.45) is -0.317. The zero-order valence-electron chi connectivity index (χ0n) is 9.05. The summed E-state index contributed by atoms with van der Waals surface area (Å²) in [5.41, 5.74) is -0.531. The highest BCUT2D eigenvalue weighted by Gasteiger charge is 2.33. The van der Waals surface area contributed by atoms with Gasteiger partial charge in [-0.2, -0.15) is 0 Å². The monoisotopic (exact) mass is 235 g/mol. The van der Waals surface area contributed by atoms with E-state index in [4.69, 9.17) is 4.74 Å². The van der Waals surface area contributed by atoms with Crippen LogP contribution < -0.4 is 5.32 Å². The first-order valence-corrected chi connectivity index (χ1v) is 7.05. The Bertz CT molecular complexity index is 219. The number of alkyl carbamates (subject to hydrolysis) is 1. The van der Waals surface area contributed by atoms with Gasteiger partial charge in [-0.3, -0.25) is 0 Å². The Morgan fingerprint density at radius 1 is 1.36 bits per heavy atom. The third kappa shape index (κ3) is 4.00. The SMILES string of the molecule is CC1(NC(=O)OC(C)(C)C)CSSC1. The summed E-state index contributed by atoms with van der Waals surface area (Å²) in [7, 11) is 3.57. The molecule has 0 atom stereocenters. The van der Waals surface area contributed by atoms with Crippen molar-refractivity contribution in [1.29, 1.82) is 0 Å². The van der Waals surface area contributed by atoms with Crippen molar-refractivity contribution in [3.8, 4) is 0 Å². The number of hydrogen-bond acceptors (Lipinski definition) is 4. The van der Waals surface area contributed by atoms with Gasteiger partial charge in [-0.15, -0.1) is 0 Å². The van der Waals surface area contributed by atoms with Crippen LogP contribution in [0.15, 0.2) is 0 Å². The Balaban J connectivity index is 2.40. The molecule has 0 aromatic heterocycles. The first-order valence-electron chi connectivity index (χ1n) is 4.56. The number of ether oxygens (including phenoxy) is 1. The van der Waals surface area contributed by atoms with Crippen molar-refractivity contribution in [1.82, 2.24) is 5.32 Å². The summed E-state index contributed by atoms with van der Waals surface area (Å²) in [5.74, 6) is 1.88. The first kappa shape index (κ1) is 12.0. The van der Waals surface area contributed by atoms with Crippen molar-refractivity contribution in [2.24, 2.45) is 0 Å². The quantitative estimate of drug-likeness (QED) is 0.709. The van der Waals surface area contributed by atoms with Gasteiger partial charge in [0.1, 0.15) is 5.60 Å². The first-order chi connectivity index (χ1) is 6.31. The average Bonchev–Trinajstić information content (AvgIpc) is 2.30. The Kier molecular flexibility index (Phi) is 3.63. The molecule has 0 aromatic rings. The number of hydrogen-bond donors (Lipinski definition) is 1. The third-order valence-electron chi connectivity index (χ3n) is 1.64. The van der Waals surface area contributed by atoms with Crippen LogP contribution in [0.25, 0.3) is 0 Å². The maximum atomic E-state index is 11.5. The third-order valence-corrected chi connectivity index (χ3v) is 4.52. The van der Waals surface area contributed by atoms with E-state index in [9.17, 15) is 4.79 Å². The predicted molar refractivity (Wildman–Crippen MR) is 62.7 cm³/mol. The largest absolute Gasteiger partial charge is 0.444 e. The molecule has 0 aliphatic carbocycles. The molecule has 0 spiro atoms. The molecule has 1 aliphatic rings. The molecule has 0 saturated carbocycles. The molecule has 1 rings (SSSR count). The summed E-state index contributed by atoms with van der Waals surface area (Å²) in [6.45, 7) is 7.65. The molecule has 1 aliphatic heterocycles. The van der Waals surface area contributed by atoms with Crippen molar-refractivity contribution in [2.45, 2.75) is 38.8 Å². The van der Waals surface area contributed by atoms with Crippen LogP contribution in [0.4, 0.5) is 4.79 Å². The van der Waals surface area contributed by atoms with Gasteiger partial charge in [-0.1, -0.05) is 21.6 Å². The van der Waals surface area contributed by atoms with Crippen molar-refractivity contribution in [3.05, 3.63) is 0 Å². The minimum atomic E-state index is -0.417. The van der Waals surface area contributed by atoms with Crippen molar-refractivity contribution in [3.63, 3.8) is 0 Å². The Morgan fingerprint density at radius 3 is 2.29 bits per heavy atom. The summed E-state index contributed by atoms with van der Waals surface area (Å²) in [6, 6.07) is 0. The molecule has 1 fully saturated rings. The molecule has 5 heteroatoms. The standard InChI is InChI=1S/C9H17NO2S2/c1-8(2,3)12-7(11)10-9(4)5-13-14-6-9/h5-6H2,1-4H3,(H,10,11). The van der Waals surface area contributed by atoms with Crippen molar-refractivity contribution in [2.75, 3.05) is 11.5 Å². The number of carbonyl (C=O) groups excluding carboxylic acids is 1. The minimum Gasteiger partial charge on any atom is -0.444 e. The lowest BCUT2D eigenvalue weighted by Crippen LogP contribution is -2.49. The van der Waals surface area contributed by atoms with Gasteiger partial charge in [0, 0.05) is 11.5 Å². The Hall–Kier alpha value is -0.0300. The normalized spacial score (nSPS) is 20.6. The van der Waals surface area contributed by atoms with E-state index in [1.165, 1.54) is 0 Å². The lowest BCUT2D eigenvalue weighted by atomic mass is 10.1. The van der Waals surface area contributed by atoms with Crippen LogP contribution >= 0.6 is 21.6 Å². The van der Waals surface area contributed by atoms with E-state index in [1.807, 2.05) is 27.7 Å². The van der Waals surface area contributed by atoms with Crippen LogP contribution in [0.1, 0.15) is 27.7 Å². The van der Waals surface area contributed by atoms with Gasteiger partial charge in [0.05, 0.1) is 5.54 Å².